The van der Waals surface area contributed by atoms with Gasteiger partial charge in [-0.05, 0) is 29.7 Å². The Labute approximate surface area is 103 Å². The molecule has 0 spiro atoms. The Hall–Kier alpha value is -1.80. The zero-order valence-corrected chi connectivity index (χ0v) is 10.1. The van der Waals surface area contributed by atoms with Crippen LogP contribution >= 0.6 is 0 Å². The summed E-state index contributed by atoms with van der Waals surface area (Å²) in [7, 11) is 0. The van der Waals surface area contributed by atoms with E-state index in [9.17, 15) is 0 Å². The fourth-order valence-corrected chi connectivity index (χ4v) is 1.73. The van der Waals surface area contributed by atoms with Crippen molar-refractivity contribution in [2.75, 3.05) is 5.43 Å². The fourth-order valence-electron chi connectivity index (χ4n) is 1.73. The zero-order chi connectivity index (χ0) is 11.9. The minimum absolute atomic E-state index is 0.822. The SMILES string of the molecule is CCc1cccc(CNNc2ccccc2)c1. The van der Waals surface area contributed by atoms with Crippen molar-refractivity contribution < 1.29 is 0 Å². The van der Waals surface area contributed by atoms with E-state index in [0.717, 1.165) is 18.7 Å². The van der Waals surface area contributed by atoms with Crippen LogP contribution in [-0.4, -0.2) is 0 Å². The van der Waals surface area contributed by atoms with Gasteiger partial charge in [0, 0.05) is 12.2 Å². The van der Waals surface area contributed by atoms with Crippen molar-refractivity contribution in [2.24, 2.45) is 0 Å². The molecule has 0 aliphatic rings. The van der Waals surface area contributed by atoms with Crippen LogP contribution in [0.15, 0.2) is 54.6 Å². The third-order valence-corrected chi connectivity index (χ3v) is 2.70. The smallest absolute Gasteiger partial charge is 0.0487 e. The van der Waals surface area contributed by atoms with Gasteiger partial charge in [0.05, 0.1) is 0 Å². The highest BCUT2D eigenvalue weighted by molar-refractivity contribution is 5.41. The van der Waals surface area contributed by atoms with Crippen LogP contribution in [0.5, 0.6) is 0 Å². The molecule has 0 aliphatic heterocycles. The summed E-state index contributed by atoms with van der Waals surface area (Å²) >= 11 is 0. The van der Waals surface area contributed by atoms with E-state index >= 15 is 0 Å². The minimum atomic E-state index is 0.822. The van der Waals surface area contributed by atoms with Crippen LogP contribution < -0.4 is 10.9 Å². The molecule has 2 heteroatoms. The van der Waals surface area contributed by atoms with Crippen LogP contribution in [0, 0.1) is 0 Å². The largest absolute Gasteiger partial charge is 0.321 e. The van der Waals surface area contributed by atoms with Gasteiger partial charge in [-0.25, -0.2) is 5.43 Å². The Morgan fingerprint density at radius 2 is 1.65 bits per heavy atom. The Bertz CT molecular complexity index is 451. The van der Waals surface area contributed by atoms with Crippen molar-refractivity contribution in [3.63, 3.8) is 0 Å². The van der Waals surface area contributed by atoms with Gasteiger partial charge in [-0.1, -0.05) is 49.4 Å². The highest BCUT2D eigenvalue weighted by Crippen LogP contribution is 2.06. The molecule has 0 heterocycles. The maximum atomic E-state index is 3.22. The first kappa shape index (κ1) is 11.7. The summed E-state index contributed by atoms with van der Waals surface area (Å²) < 4.78 is 0. The molecule has 0 unspecified atom stereocenters. The third kappa shape index (κ3) is 3.61. The first-order valence-electron chi connectivity index (χ1n) is 6.00. The van der Waals surface area contributed by atoms with Crippen molar-refractivity contribution in [1.29, 1.82) is 0 Å². The summed E-state index contributed by atoms with van der Waals surface area (Å²) in [5, 5.41) is 0. The van der Waals surface area contributed by atoms with Crippen LogP contribution in [0.25, 0.3) is 0 Å². The lowest BCUT2D eigenvalue weighted by Gasteiger charge is -2.09. The van der Waals surface area contributed by atoms with Crippen LogP contribution in [0.4, 0.5) is 5.69 Å². The number of hydrazine groups is 1. The highest BCUT2D eigenvalue weighted by atomic mass is 15.3. The van der Waals surface area contributed by atoms with E-state index in [1.165, 1.54) is 11.1 Å². The molecule has 2 aromatic carbocycles. The molecule has 0 aliphatic carbocycles. The molecule has 2 nitrogen and oxygen atoms in total. The van der Waals surface area contributed by atoms with Crippen molar-refractivity contribution in [1.82, 2.24) is 5.43 Å². The Kier molecular flexibility index (Phi) is 4.17. The first-order valence-corrected chi connectivity index (χ1v) is 6.00. The van der Waals surface area contributed by atoms with E-state index in [0.29, 0.717) is 0 Å². The summed E-state index contributed by atoms with van der Waals surface area (Å²) in [6, 6.07) is 18.8. The first-order chi connectivity index (χ1) is 8.38. The molecule has 88 valence electrons. The van der Waals surface area contributed by atoms with Crippen LogP contribution in [0.1, 0.15) is 18.1 Å². The number of benzene rings is 2. The molecule has 0 fully saturated rings. The van der Waals surface area contributed by atoms with Gasteiger partial charge in [0.1, 0.15) is 0 Å². The van der Waals surface area contributed by atoms with Gasteiger partial charge in [0.2, 0.25) is 0 Å². The monoisotopic (exact) mass is 226 g/mol. The number of para-hydroxylation sites is 1. The summed E-state index contributed by atoms with van der Waals surface area (Å²) in [5.74, 6) is 0. The maximum absolute atomic E-state index is 3.22. The van der Waals surface area contributed by atoms with E-state index < -0.39 is 0 Å². The number of nitrogens with one attached hydrogen (secondary N) is 2. The molecule has 2 rings (SSSR count). The topological polar surface area (TPSA) is 24.1 Å². The quantitative estimate of drug-likeness (QED) is 0.764. The van der Waals surface area contributed by atoms with Gasteiger partial charge in [-0.2, -0.15) is 0 Å². The van der Waals surface area contributed by atoms with E-state index in [-0.39, 0.29) is 0 Å². The van der Waals surface area contributed by atoms with Crippen molar-refractivity contribution in [3.8, 4) is 0 Å². The third-order valence-electron chi connectivity index (χ3n) is 2.70. The molecule has 0 amide bonds. The van der Waals surface area contributed by atoms with Crippen molar-refractivity contribution >= 4 is 5.69 Å². The Balaban J connectivity index is 1.86. The molecule has 2 N–H and O–H groups in total. The lowest BCUT2D eigenvalue weighted by atomic mass is 10.1. The normalized spacial score (nSPS) is 10.2. The van der Waals surface area contributed by atoms with Gasteiger partial charge in [-0.15, -0.1) is 0 Å². The second-order valence-electron chi connectivity index (χ2n) is 4.02. The van der Waals surface area contributed by atoms with E-state index in [1.807, 2.05) is 30.3 Å². The Morgan fingerprint density at radius 1 is 0.882 bits per heavy atom. The van der Waals surface area contributed by atoms with E-state index in [4.69, 9.17) is 0 Å². The van der Waals surface area contributed by atoms with Crippen molar-refractivity contribution in [2.45, 2.75) is 19.9 Å². The second kappa shape index (κ2) is 6.06. The van der Waals surface area contributed by atoms with Crippen molar-refractivity contribution in [3.05, 3.63) is 65.7 Å². The fraction of sp³-hybridized carbons (Fsp3) is 0.200. The Morgan fingerprint density at radius 3 is 2.41 bits per heavy atom. The molecule has 0 atom stereocenters. The van der Waals surface area contributed by atoms with Crippen LogP contribution in [0.3, 0.4) is 0 Å². The summed E-state index contributed by atoms with van der Waals surface area (Å²) in [4.78, 5) is 0. The van der Waals surface area contributed by atoms with E-state index in [2.05, 4.69) is 42.0 Å². The molecule has 0 bridgehead atoms. The van der Waals surface area contributed by atoms with Gasteiger partial charge in [0.25, 0.3) is 0 Å². The van der Waals surface area contributed by atoms with Gasteiger partial charge < -0.3 is 5.43 Å². The molecule has 17 heavy (non-hydrogen) atoms. The number of aryl methyl sites for hydroxylation is 1. The molecular formula is C15H18N2. The zero-order valence-electron chi connectivity index (χ0n) is 10.1. The number of rotatable bonds is 5. The predicted octanol–water partition coefficient (Wildman–Crippen LogP) is 3.37. The molecule has 0 saturated heterocycles. The van der Waals surface area contributed by atoms with Crippen LogP contribution in [-0.2, 0) is 13.0 Å². The maximum Gasteiger partial charge on any atom is 0.0487 e. The minimum Gasteiger partial charge on any atom is -0.321 e. The molecule has 0 saturated carbocycles. The molecule has 0 aromatic heterocycles. The summed E-state index contributed by atoms with van der Waals surface area (Å²) in [6.45, 7) is 3.00. The average molecular weight is 226 g/mol. The summed E-state index contributed by atoms with van der Waals surface area (Å²) in [6.07, 6.45) is 1.08. The lowest BCUT2D eigenvalue weighted by molar-refractivity contribution is 0.800. The predicted molar refractivity (Wildman–Crippen MR) is 72.7 cm³/mol. The van der Waals surface area contributed by atoms with Gasteiger partial charge >= 0.3 is 0 Å². The molecule has 0 radical (unpaired) electrons. The second-order valence-corrected chi connectivity index (χ2v) is 4.02. The average Bonchev–Trinajstić information content (AvgIpc) is 2.40. The highest BCUT2D eigenvalue weighted by Gasteiger charge is 1.94. The standard InChI is InChI=1S/C15H18N2/c1-2-13-7-6-8-14(11-13)12-16-17-15-9-4-3-5-10-15/h3-11,16-17H,2,12H2,1H3. The van der Waals surface area contributed by atoms with Crippen LogP contribution in [0.2, 0.25) is 0 Å². The van der Waals surface area contributed by atoms with Gasteiger partial charge in [-0.3, -0.25) is 0 Å². The molecule has 2 aromatic rings. The number of hydrogen-bond donors (Lipinski definition) is 2. The number of hydrogen-bond acceptors (Lipinski definition) is 2. The van der Waals surface area contributed by atoms with Gasteiger partial charge in [0.15, 0.2) is 0 Å². The molecular weight excluding hydrogens is 208 g/mol. The lowest BCUT2D eigenvalue weighted by Crippen LogP contribution is -2.20. The number of anilines is 1. The van der Waals surface area contributed by atoms with E-state index in [1.54, 1.807) is 0 Å². The summed E-state index contributed by atoms with van der Waals surface area (Å²) in [5.41, 5.74) is 10.2.